The Morgan fingerprint density at radius 3 is 2.42 bits per heavy atom. The molecule has 5 heteroatoms. The summed E-state index contributed by atoms with van der Waals surface area (Å²) in [6, 6.07) is 0. The number of hydrogen-bond acceptors (Lipinski definition) is 5. The predicted octanol–water partition coefficient (Wildman–Crippen LogP) is 4.26. The van der Waals surface area contributed by atoms with E-state index in [-0.39, 0.29) is 11.4 Å². The SMILES string of the molecule is CCCc1ncc(C(=O)OCC)c(N(CCC)CCC(C)(C)C)n1. The van der Waals surface area contributed by atoms with Crippen molar-refractivity contribution >= 4 is 11.8 Å². The largest absolute Gasteiger partial charge is 0.462 e. The molecule has 0 aliphatic rings. The van der Waals surface area contributed by atoms with Gasteiger partial charge < -0.3 is 9.64 Å². The summed E-state index contributed by atoms with van der Waals surface area (Å²) in [5.41, 5.74) is 0.703. The molecule has 0 amide bonds. The van der Waals surface area contributed by atoms with Gasteiger partial charge in [-0.3, -0.25) is 0 Å². The van der Waals surface area contributed by atoms with E-state index in [1.807, 2.05) is 6.92 Å². The van der Waals surface area contributed by atoms with Gasteiger partial charge in [-0.25, -0.2) is 14.8 Å². The summed E-state index contributed by atoms with van der Waals surface area (Å²) in [7, 11) is 0. The number of anilines is 1. The standard InChI is InChI=1S/C19H33N3O2/c1-7-10-16-20-14-15(18(23)24-9-3)17(21-16)22(12-8-2)13-11-19(4,5)6/h14H,7-13H2,1-6H3. The minimum Gasteiger partial charge on any atom is -0.462 e. The molecule has 0 aliphatic heterocycles. The number of aromatic nitrogens is 2. The summed E-state index contributed by atoms with van der Waals surface area (Å²) in [6.07, 6.45) is 5.45. The average Bonchev–Trinajstić information content (AvgIpc) is 2.51. The summed E-state index contributed by atoms with van der Waals surface area (Å²) in [4.78, 5) is 23.6. The summed E-state index contributed by atoms with van der Waals surface area (Å²) >= 11 is 0. The Balaban J connectivity index is 3.19. The highest BCUT2D eigenvalue weighted by Gasteiger charge is 2.22. The lowest BCUT2D eigenvalue weighted by molar-refractivity contribution is 0.0526. The summed E-state index contributed by atoms with van der Waals surface area (Å²) in [6.45, 7) is 14.8. The second kappa shape index (κ2) is 9.60. The van der Waals surface area contributed by atoms with Gasteiger partial charge in [-0.1, -0.05) is 34.6 Å². The van der Waals surface area contributed by atoms with E-state index in [4.69, 9.17) is 9.72 Å². The van der Waals surface area contributed by atoms with Gasteiger partial charge in [-0.05, 0) is 31.6 Å². The first kappa shape index (κ1) is 20.4. The van der Waals surface area contributed by atoms with Crippen molar-refractivity contribution in [3.63, 3.8) is 0 Å². The van der Waals surface area contributed by atoms with Crippen LogP contribution in [0.15, 0.2) is 6.20 Å². The molecule has 24 heavy (non-hydrogen) atoms. The zero-order chi connectivity index (χ0) is 18.2. The van der Waals surface area contributed by atoms with Crippen molar-refractivity contribution < 1.29 is 9.53 Å². The van der Waals surface area contributed by atoms with Crippen molar-refractivity contribution in [1.82, 2.24) is 9.97 Å². The van der Waals surface area contributed by atoms with Crippen LogP contribution in [0.4, 0.5) is 5.82 Å². The molecular weight excluding hydrogens is 302 g/mol. The van der Waals surface area contributed by atoms with Crippen molar-refractivity contribution in [3.05, 3.63) is 17.6 Å². The van der Waals surface area contributed by atoms with Gasteiger partial charge in [-0.15, -0.1) is 0 Å². The Bertz CT molecular complexity index is 524. The van der Waals surface area contributed by atoms with Gasteiger partial charge >= 0.3 is 5.97 Å². The van der Waals surface area contributed by atoms with E-state index >= 15 is 0 Å². The molecule has 5 nitrogen and oxygen atoms in total. The fourth-order valence-corrected chi connectivity index (χ4v) is 2.41. The van der Waals surface area contributed by atoms with Crippen LogP contribution in [-0.4, -0.2) is 35.6 Å². The molecule has 0 aliphatic carbocycles. The lowest BCUT2D eigenvalue weighted by Crippen LogP contribution is -2.31. The summed E-state index contributed by atoms with van der Waals surface area (Å²) in [5.74, 6) is 1.17. The second-order valence-electron chi connectivity index (χ2n) is 7.29. The number of nitrogens with zero attached hydrogens (tertiary/aromatic N) is 3. The van der Waals surface area contributed by atoms with Crippen LogP contribution in [0.5, 0.6) is 0 Å². The maximum absolute atomic E-state index is 12.3. The van der Waals surface area contributed by atoms with Crippen LogP contribution in [0.3, 0.4) is 0 Å². The molecule has 0 radical (unpaired) electrons. The van der Waals surface area contributed by atoms with E-state index in [1.54, 1.807) is 6.20 Å². The van der Waals surface area contributed by atoms with E-state index in [9.17, 15) is 4.79 Å². The normalized spacial score (nSPS) is 11.4. The van der Waals surface area contributed by atoms with Crippen LogP contribution < -0.4 is 4.90 Å². The third kappa shape index (κ3) is 6.46. The first-order chi connectivity index (χ1) is 11.3. The third-order valence-electron chi connectivity index (χ3n) is 3.71. The molecule has 0 fully saturated rings. The summed E-state index contributed by atoms with van der Waals surface area (Å²) in [5, 5.41) is 0. The second-order valence-corrected chi connectivity index (χ2v) is 7.29. The maximum atomic E-state index is 12.3. The van der Waals surface area contributed by atoms with Crippen LogP contribution in [0, 0.1) is 5.41 Å². The monoisotopic (exact) mass is 335 g/mol. The third-order valence-corrected chi connectivity index (χ3v) is 3.71. The maximum Gasteiger partial charge on any atom is 0.343 e. The molecule has 136 valence electrons. The molecule has 0 unspecified atom stereocenters. The zero-order valence-corrected chi connectivity index (χ0v) is 16.2. The van der Waals surface area contributed by atoms with Crippen molar-refractivity contribution in [3.8, 4) is 0 Å². The molecule has 0 N–H and O–H groups in total. The van der Waals surface area contributed by atoms with Gasteiger partial charge in [0.25, 0.3) is 0 Å². The van der Waals surface area contributed by atoms with Crippen molar-refractivity contribution in [2.75, 3.05) is 24.6 Å². The highest BCUT2D eigenvalue weighted by atomic mass is 16.5. The average molecular weight is 335 g/mol. The molecule has 0 saturated carbocycles. The van der Waals surface area contributed by atoms with Crippen LogP contribution in [0.2, 0.25) is 0 Å². The Morgan fingerprint density at radius 1 is 1.17 bits per heavy atom. The number of carbonyl (C=O) groups excluding carboxylic acids is 1. The van der Waals surface area contributed by atoms with Gasteiger partial charge in [0.05, 0.1) is 6.61 Å². The Kier molecular flexibility index (Phi) is 8.16. The molecule has 1 rings (SSSR count). The highest BCUT2D eigenvalue weighted by Crippen LogP contribution is 2.24. The van der Waals surface area contributed by atoms with E-state index in [0.29, 0.717) is 12.2 Å². The van der Waals surface area contributed by atoms with Gasteiger partial charge in [-0.2, -0.15) is 0 Å². The van der Waals surface area contributed by atoms with Crippen LogP contribution in [-0.2, 0) is 11.2 Å². The minimum atomic E-state index is -0.340. The number of hydrogen-bond donors (Lipinski definition) is 0. The molecule has 0 aromatic carbocycles. The number of rotatable bonds is 9. The van der Waals surface area contributed by atoms with Crippen LogP contribution in [0.25, 0.3) is 0 Å². The van der Waals surface area contributed by atoms with Gasteiger partial charge in [0.2, 0.25) is 0 Å². The first-order valence-corrected chi connectivity index (χ1v) is 9.10. The number of ether oxygens (including phenoxy) is 1. The topological polar surface area (TPSA) is 55.3 Å². The van der Waals surface area contributed by atoms with Crippen LogP contribution >= 0.6 is 0 Å². The minimum absolute atomic E-state index is 0.232. The van der Waals surface area contributed by atoms with Crippen molar-refractivity contribution in [2.24, 2.45) is 5.41 Å². The quantitative estimate of drug-likeness (QED) is 0.631. The molecule has 0 bridgehead atoms. The number of carbonyl (C=O) groups is 1. The molecular formula is C19H33N3O2. The van der Waals surface area contributed by atoms with E-state index in [0.717, 1.165) is 50.4 Å². The molecule has 1 heterocycles. The molecule has 0 spiro atoms. The van der Waals surface area contributed by atoms with Crippen LogP contribution in [0.1, 0.15) is 77.0 Å². The van der Waals surface area contributed by atoms with Gasteiger partial charge in [0, 0.05) is 25.7 Å². The predicted molar refractivity (Wildman–Crippen MR) is 98.6 cm³/mol. The van der Waals surface area contributed by atoms with Crippen molar-refractivity contribution in [1.29, 1.82) is 0 Å². The molecule has 0 saturated heterocycles. The lowest BCUT2D eigenvalue weighted by atomic mass is 9.92. The zero-order valence-electron chi connectivity index (χ0n) is 16.2. The lowest BCUT2D eigenvalue weighted by Gasteiger charge is -2.28. The Hall–Kier alpha value is -1.65. The summed E-state index contributed by atoms with van der Waals surface area (Å²) < 4.78 is 5.20. The smallest absolute Gasteiger partial charge is 0.343 e. The fourth-order valence-electron chi connectivity index (χ4n) is 2.41. The Morgan fingerprint density at radius 2 is 1.88 bits per heavy atom. The van der Waals surface area contributed by atoms with Gasteiger partial charge in [0.1, 0.15) is 17.2 Å². The fraction of sp³-hybridized carbons (Fsp3) is 0.737. The van der Waals surface area contributed by atoms with E-state index in [2.05, 4.69) is 44.5 Å². The molecule has 1 aromatic rings. The molecule has 0 atom stereocenters. The van der Waals surface area contributed by atoms with E-state index in [1.165, 1.54) is 0 Å². The highest BCUT2D eigenvalue weighted by molar-refractivity contribution is 5.94. The number of aryl methyl sites for hydroxylation is 1. The molecule has 1 aromatic heterocycles. The first-order valence-electron chi connectivity index (χ1n) is 9.10. The van der Waals surface area contributed by atoms with E-state index < -0.39 is 0 Å². The number of esters is 1. The Labute approximate surface area is 146 Å². The van der Waals surface area contributed by atoms with Crippen molar-refractivity contribution in [2.45, 2.75) is 67.2 Å². The van der Waals surface area contributed by atoms with Gasteiger partial charge in [0.15, 0.2) is 0 Å².